The Hall–Kier alpha value is -3.09. The topological polar surface area (TPSA) is 72.1 Å². The Bertz CT molecular complexity index is 1110. The van der Waals surface area contributed by atoms with Crippen molar-refractivity contribution in [2.45, 2.75) is 51.4 Å². The average Bonchev–Trinajstić information content (AvgIpc) is 3.23. The first-order chi connectivity index (χ1) is 15.1. The first-order valence-electron chi connectivity index (χ1n) is 11.0. The number of nitrogens with zero attached hydrogens (tertiary/aromatic N) is 4. The molecule has 1 aromatic carbocycles. The third kappa shape index (κ3) is 3.84. The number of hydrogen-bond acceptors (Lipinski definition) is 5. The van der Waals surface area contributed by atoms with E-state index in [9.17, 15) is 9.18 Å². The number of aryl methyl sites for hydroxylation is 2. The fourth-order valence-electron chi connectivity index (χ4n) is 4.74. The number of hydrogen-bond donors (Lipinski definition) is 0. The molecule has 1 aliphatic carbocycles. The van der Waals surface area contributed by atoms with Gasteiger partial charge in [-0.25, -0.2) is 14.4 Å². The van der Waals surface area contributed by atoms with E-state index in [4.69, 9.17) is 9.51 Å². The minimum atomic E-state index is -0.275. The smallest absolute Gasteiger partial charge is 0.292 e. The van der Waals surface area contributed by atoms with Gasteiger partial charge in [-0.2, -0.15) is 0 Å². The van der Waals surface area contributed by atoms with Gasteiger partial charge in [0.15, 0.2) is 0 Å². The first kappa shape index (κ1) is 19.8. The number of piperidine rings is 1. The summed E-state index contributed by atoms with van der Waals surface area (Å²) in [5, 5.41) is 4.15. The molecule has 0 spiro atoms. The van der Waals surface area contributed by atoms with Crippen LogP contribution < -0.4 is 0 Å². The molecule has 31 heavy (non-hydrogen) atoms. The molecule has 0 bridgehead atoms. The van der Waals surface area contributed by atoms with Crippen molar-refractivity contribution in [1.82, 2.24) is 20.0 Å². The number of carbonyl (C=O) groups excluding carboxylic acids is 1. The highest BCUT2D eigenvalue weighted by atomic mass is 19.1. The lowest BCUT2D eigenvalue weighted by Crippen LogP contribution is -2.39. The highest BCUT2D eigenvalue weighted by Gasteiger charge is 2.32. The van der Waals surface area contributed by atoms with Gasteiger partial charge in [-0.3, -0.25) is 4.79 Å². The molecule has 1 saturated heterocycles. The van der Waals surface area contributed by atoms with Crippen LogP contribution in [0.4, 0.5) is 4.39 Å². The number of halogens is 1. The Labute approximate surface area is 180 Å². The van der Waals surface area contributed by atoms with E-state index in [1.165, 1.54) is 12.1 Å². The average molecular weight is 420 g/mol. The van der Waals surface area contributed by atoms with Crippen molar-refractivity contribution in [2.24, 2.45) is 0 Å². The lowest BCUT2D eigenvalue weighted by Gasteiger charge is -2.33. The Morgan fingerprint density at radius 1 is 1.16 bits per heavy atom. The van der Waals surface area contributed by atoms with Gasteiger partial charge >= 0.3 is 0 Å². The van der Waals surface area contributed by atoms with Crippen molar-refractivity contribution >= 4 is 5.91 Å². The summed E-state index contributed by atoms with van der Waals surface area (Å²) in [6, 6.07) is 6.39. The maximum absolute atomic E-state index is 13.4. The highest BCUT2D eigenvalue weighted by Crippen LogP contribution is 2.34. The molecule has 1 amide bonds. The second kappa shape index (κ2) is 8.21. The number of benzene rings is 1. The van der Waals surface area contributed by atoms with Gasteiger partial charge in [-0.15, -0.1) is 0 Å². The standard InChI is InChI=1S/C24H25FN4O2/c1-15-26-13-20(16-8-10-18(25)11-9-16)22(27-15)17-5-4-12-29(14-17)24(30)23-19-6-2-3-7-21(19)28-31-23/h8-11,13,17H,2-7,12,14H2,1H3/t17-/m1/s1. The van der Waals surface area contributed by atoms with Crippen LogP contribution in [0.25, 0.3) is 11.1 Å². The Kier molecular flexibility index (Phi) is 5.26. The molecule has 1 atom stereocenters. The SMILES string of the molecule is Cc1ncc(-c2ccc(F)cc2)c([C@@H]2CCCN(C(=O)c3onc4c3CCCC4)C2)n1. The summed E-state index contributed by atoms with van der Waals surface area (Å²) in [4.78, 5) is 24.3. The van der Waals surface area contributed by atoms with Crippen LogP contribution in [-0.4, -0.2) is 39.0 Å². The van der Waals surface area contributed by atoms with E-state index in [0.29, 0.717) is 24.7 Å². The predicted molar refractivity (Wildman–Crippen MR) is 113 cm³/mol. The van der Waals surface area contributed by atoms with Crippen LogP contribution in [0.1, 0.15) is 64.9 Å². The Balaban J connectivity index is 1.43. The molecule has 1 fully saturated rings. The van der Waals surface area contributed by atoms with Gasteiger partial charge in [0.05, 0.1) is 11.4 Å². The number of amides is 1. The van der Waals surface area contributed by atoms with Crippen molar-refractivity contribution in [3.8, 4) is 11.1 Å². The maximum Gasteiger partial charge on any atom is 0.292 e. The minimum Gasteiger partial charge on any atom is -0.350 e. The van der Waals surface area contributed by atoms with Crippen molar-refractivity contribution in [3.05, 3.63) is 64.8 Å². The number of likely N-dealkylation sites (tertiary alicyclic amines) is 1. The molecule has 0 unspecified atom stereocenters. The van der Waals surface area contributed by atoms with E-state index in [0.717, 1.165) is 66.6 Å². The number of rotatable bonds is 3. The Morgan fingerprint density at radius 3 is 2.81 bits per heavy atom. The van der Waals surface area contributed by atoms with Crippen LogP contribution in [0.3, 0.4) is 0 Å². The van der Waals surface area contributed by atoms with Gasteiger partial charge in [0.25, 0.3) is 5.91 Å². The molecule has 3 heterocycles. The van der Waals surface area contributed by atoms with Gasteiger partial charge in [-0.1, -0.05) is 17.3 Å². The van der Waals surface area contributed by atoms with Crippen LogP contribution in [0, 0.1) is 12.7 Å². The number of carbonyl (C=O) groups is 1. The molecule has 160 valence electrons. The van der Waals surface area contributed by atoms with Crippen LogP contribution >= 0.6 is 0 Å². The van der Waals surface area contributed by atoms with Gasteiger partial charge in [0.1, 0.15) is 11.6 Å². The summed E-state index contributed by atoms with van der Waals surface area (Å²) in [5.41, 5.74) is 4.61. The molecule has 1 aliphatic heterocycles. The quantitative estimate of drug-likeness (QED) is 0.625. The largest absolute Gasteiger partial charge is 0.350 e. The van der Waals surface area contributed by atoms with Gasteiger partial charge in [0, 0.05) is 36.3 Å². The van der Waals surface area contributed by atoms with Crippen LogP contribution in [0.5, 0.6) is 0 Å². The van der Waals surface area contributed by atoms with Gasteiger partial charge in [-0.05, 0) is 63.1 Å². The van der Waals surface area contributed by atoms with Crippen molar-refractivity contribution in [3.63, 3.8) is 0 Å². The summed E-state index contributed by atoms with van der Waals surface area (Å²) >= 11 is 0. The van der Waals surface area contributed by atoms with E-state index < -0.39 is 0 Å². The molecule has 3 aromatic rings. The third-order valence-corrected chi connectivity index (χ3v) is 6.34. The summed E-state index contributed by atoms with van der Waals surface area (Å²) in [6.07, 6.45) is 7.53. The molecule has 2 aliphatic rings. The molecule has 2 aromatic heterocycles. The van der Waals surface area contributed by atoms with Gasteiger partial charge < -0.3 is 9.42 Å². The molecular formula is C24H25FN4O2. The molecule has 0 N–H and O–H groups in total. The van der Waals surface area contributed by atoms with Crippen molar-refractivity contribution < 1.29 is 13.7 Å². The summed E-state index contributed by atoms with van der Waals surface area (Å²) in [5.74, 6) is 0.831. The predicted octanol–water partition coefficient (Wildman–Crippen LogP) is 4.48. The van der Waals surface area contributed by atoms with E-state index >= 15 is 0 Å². The molecule has 5 rings (SSSR count). The monoisotopic (exact) mass is 420 g/mol. The van der Waals surface area contributed by atoms with Crippen LogP contribution in [0.2, 0.25) is 0 Å². The zero-order chi connectivity index (χ0) is 21.4. The fourth-order valence-corrected chi connectivity index (χ4v) is 4.74. The lowest BCUT2D eigenvalue weighted by molar-refractivity contribution is 0.0662. The van der Waals surface area contributed by atoms with Crippen LogP contribution in [0.15, 0.2) is 35.0 Å². The van der Waals surface area contributed by atoms with E-state index in [1.54, 1.807) is 18.3 Å². The summed E-state index contributed by atoms with van der Waals surface area (Å²) < 4.78 is 18.9. The molecule has 0 saturated carbocycles. The van der Waals surface area contributed by atoms with Gasteiger partial charge in [0.2, 0.25) is 5.76 Å². The molecule has 7 heteroatoms. The number of fused-ring (bicyclic) bond motifs is 1. The molecule has 0 radical (unpaired) electrons. The third-order valence-electron chi connectivity index (χ3n) is 6.34. The number of aromatic nitrogens is 3. The minimum absolute atomic E-state index is 0.0746. The van der Waals surface area contributed by atoms with E-state index in [-0.39, 0.29) is 17.6 Å². The van der Waals surface area contributed by atoms with E-state index in [1.807, 2.05) is 11.8 Å². The summed E-state index contributed by atoms with van der Waals surface area (Å²) in [7, 11) is 0. The summed E-state index contributed by atoms with van der Waals surface area (Å²) in [6.45, 7) is 3.13. The van der Waals surface area contributed by atoms with Crippen molar-refractivity contribution in [1.29, 1.82) is 0 Å². The molecular weight excluding hydrogens is 395 g/mol. The second-order valence-electron chi connectivity index (χ2n) is 8.46. The maximum atomic E-state index is 13.4. The second-order valence-corrected chi connectivity index (χ2v) is 8.46. The van der Waals surface area contributed by atoms with Crippen molar-refractivity contribution in [2.75, 3.05) is 13.1 Å². The fraction of sp³-hybridized carbons (Fsp3) is 0.417. The van der Waals surface area contributed by atoms with Crippen LogP contribution in [-0.2, 0) is 12.8 Å². The first-order valence-corrected chi connectivity index (χ1v) is 11.0. The zero-order valence-electron chi connectivity index (χ0n) is 17.6. The van der Waals surface area contributed by atoms with E-state index in [2.05, 4.69) is 10.1 Å². The lowest BCUT2D eigenvalue weighted by atomic mass is 9.89. The molecule has 6 nitrogen and oxygen atoms in total. The highest BCUT2D eigenvalue weighted by molar-refractivity contribution is 5.93. The zero-order valence-corrected chi connectivity index (χ0v) is 17.6. The normalized spacial score (nSPS) is 18.6. The Morgan fingerprint density at radius 2 is 1.97 bits per heavy atom.